The van der Waals surface area contributed by atoms with Gasteiger partial charge in [0.05, 0.1) is 14.2 Å². The second-order valence-electron chi connectivity index (χ2n) is 5.93. The van der Waals surface area contributed by atoms with Crippen LogP contribution in [0.3, 0.4) is 0 Å². The van der Waals surface area contributed by atoms with Crippen LogP contribution in [0.15, 0.2) is 18.2 Å². The molecule has 0 saturated carbocycles. The highest BCUT2D eigenvalue weighted by molar-refractivity contribution is 5.99. The summed E-state index contributed by atoms with van der Waals surface area (Å²) < 4.78 is 12.3. The second-order valence-corrected chi connectivity index (χ2v) is 5.93. The van der Waals surface area contributed by atoms with Crippen LogP contribution in [0.5, 0.6) is 11.5 Å². The molecule has 1 amide bonds. The molecule has 2 aromatic rings. The van der Waals surface area contributed by atoms with Gasteiger partial charge in [-0.15, -0.1) is 0 Å². The van der Waals surface area contributed by atoms with Gasteiger partial charge in [0.15, 0.2) is 23.0 Å². The number of Topliss-reactive ketones (excluding diaryl/α,β-unsaturated/α-hetero) is 1. The van der Waals surface area contributed by atoms with E-state index in [0.717, 1.165) is 17.5 Å². The standard InChI is InChI=1S/C18H21N3O4/c1-11-12(6-7-16(24-2)17(11)25-3)10-19-18(23)13-9-14-15(22)5-4-8-21(14)20-13/h6-7,9H,4-5,8,10H2,1-3H3,(H,19,23). The molecule has 3 rings (SSSR count). The van der Waals surface area contributed by atoms with E-state index in [1.807, 2.05) is 13.0 Å². The first kappa shape index (κ1) is 17.0. The summed E-state index contributed by atoms with van der Waals surface area (Å²) in [5.41, 5.74) is 2.61. The SMILES string of the molecule is COc1ccc(CNC(=O)c2cc3n(n2)CCCC3=O)c(C)c1OC. The van der Waals surface area contributed by atoms with Crippen LogP contribution in [0.4, 0.5) is 0 Å². The smallest absolute Gasteiger partial charge is 0.272 e. The van der Waals surface area contributed by atoms with Crippen molar-refractivity contribution in [2.45, 2.75) is 32.9 Å². The topological polar surface area (TPSA) is 82.5 Å². The van der Waals surface area contributed by atoms with Gasteiger partial charge in [-0.3, -0.25) is 14.3 Å². The van der Waals surface area contributed by atoms with Crippen molar-refractivity contribution >= 4 is 11.7 Å². The van der Waals surface area contributed by atoms with E-state index in [1.54, 1.807) is 31.0 Å². The monoisotopic (exact) mass is 343 g/mol. The number of benzene rings is 1. The number of ketones is 1. The van der Waals surface area contributed by atoms with E-state index in [4.69, 9.17) is 9.47 Å². The van der Waals surface area contributed by atoms with Crippen molar-refractivity contribution < 1.29 is 19.1 Å². The fourth-order valence-corrected chi connectivity index (χ4v) is 3.02. The summed E-state index contributed by atoms with van der Waals surface area (Å²) in [6.07, 6.45) is 1.27. The molecule has 1 aliphatic rings. The van der Waals surface area contributed by atoms with Crippen LogP contribution in [0.25, 0.3) is 0 Å². The molecule has 132 valence electrons. The Morgan fingerprint density at radius 1 is 1.32 bits per heavy atom. The molecule has 0 saturated heterocycles. The molecule has 1 aromatic heterocycles. The molecule has 2 heterocycles. The number of ether oxygens (including phenoxy) is 2. The van der Waals surface area contributed by atoms with Crippen LogP contribution in [-0.4, -0.2) is 35.7 Å². The van der Waals surface area contributed by atoms with Crippen LogP contribution in [0, 0.1) is 6.92 Å². The molecular weight excluding hydrogens is 322 g/mol. The molecule has 0 unspecified atom stereocenters. The summed E-state index contributed by atoms with van der Waals surface area (Å²) in [5, 5.41) is 7.08. The largest absolute Gasteiger partial charge is 0.493 e. The maximum Gasteiger partial charge on any atom is 0.272 e. The maximum atomic E-state index is 12.4. The molecule has 0 atom stereocenters. The zero-order chi connectivity index (χ0) is 18.0. The molecule has 1 N–H and O–H groups in total. The van der Waals surface area contributed by atoms with E-state index in [0.29, 0.717) is 36.7 Å². The fourth-order valence-electron chi connectivity index (χ4n) is 3.02. The first-order valence-corrected chi connectivity index (χ1v) is 8.15. The number of carbonyl (C=O) groups excluding carboxylic acids is 2. The number of methoxy groups -OCH3 is 2. The third-order valence-electron chi connectivity index (χ3n) is 4.42. The van der Waals surface area contributed by atoms with Gasteiger partial charge in [-0.2, -0.15) is 5.10 Å². The molecule has 0 aliphatic carbocycles. The van der Waals surface area contributed by atoms with Crippen molar-refractivity contribution in [2.24, 2.45) is 0 Å². The third kappa shape index (κ3) is 3.22. The fraction of sp³-hybridized carbons (Fsp3) is 0.389. The predicted octanol–water partition coefficient (Wildman–Crippen LogP) is 2.12. The number of amides is 1. The lowest BCUT2D eigenvalue weighted by Gasteiger charge is -2.14. The maximum absolute atomic E-state index is 12.4. The Balaban J connectivity index is 1.74. The van der Waals surface area contributed by atoms with E-state index in [1.165, 1.54) is 0 Å². The van der Waals surface area contributed by atoms with Gasteiger partial charge >= 0.3 is 0 Å². The number of hydrogen-bond acceptors (Lipinski definition) is 5. The zero-order valence-electron chi connectivity index (χ0n) is 14.6. The van der Waals surface area contributed by atoms with Gasteiger partial charge in [-0.05, 0) is 30.5 Å². The summed E-state index contributed by atoms with van der Waals surface area (Å²) in [7, 11) is 3.17. The number of hydrogen-bond donors (Lipinski definition) is 1. The van der Waals surface area contributed by atoms with Gasteiger partial charge in [-0.25, -0.2) is 0 Å². The molecule has 0 radical (unpaired) electrons. The summed E-state index contributed by atoms with van der Waals surface area (Å²) in [6, 6.07) is 5.26. The van der Waals surface area contributed by atoms with Crippen molar-refractivity contribution in [3.63, 3.8) is 0 Å². The van der Waals surface area contributed by atoms with Gasteiger partial charge in [0.2, 0.25) is 0 Å². The molecule has 0 bridgehead atoms. The highest BCUT2D eigenvalue weighted by atomic mass is 16.5. The Bertz CT molecular complexity index is 826. The van der Waals surface area contributed by atoms with E-state index < -0.39 is 0 Å². The summed E-state index contributed by atoms with van der Waals surface area (Å²) >= 11 is 0. The first-order valence-electron chi connectivity index (χ1n) is 8.15. The van der Waals surface area contributed by atoms with Crippen LogP contribution in [0.1, 0.15) is 44.9 Å². The number of nitrogens with one attached hydrogen (secondary N) is 1. The Labute approximate surface area is 145 Å². The van der Waals surface area contributed by atoms with Crippen molar-refractivity contribution in [3.8, 4) is 11.5 Å². The summed E-state index contributed by atoms with van der Waals surface area (Å²) in [5.74, 6) is 1.03. The Morgan fingerprint density at radius 2 is 2.12 bits per heavy atom. The van der Waals surface area contributed by atoms with Gasteiger partial charge in [0.25, 0.3) is 5.91 Å². The molecule has 7 nitrogen and oxygen atoms in total. The molecule has 25 heavy (non-hydrogen) atoms. The lowest BCUT2D eigenvalue weighted by Crippen LogP contribution is -2.24. The molecular formula is C18H21N3O4. The van der Waals surface area contributed by atoms with Crippen LogP contribution in [-0.2, 0) is 13.1 Å². The number of aryl methyl sites for hydroxylation is 1. The van der Waals surface area contributed by atoms with E-state index in [9.17, 15) is 9.59 Å². The van der Waals surface area contributed by atoms with E-state index in [2.05, 4.69) is 10.4 Å². The third-order valence-corrected chi connectivity index (χ3v) is 4.42. The number of nitrogens with zero attached hydrogens (tertiary/aromatic N) is 2. The number of aromatic nitrogens is 2. The van der Waals surface area contributed by atoms with Gasteiger partial charge < -0.3 is 14.8 Å². The van der Waals surface area contributed by atoms with Crippen LogP contribution in [0.2, 0.25) is 0 Å². The lowest BCUT2D eigenvalue weighted by molar-refractivity contribution is 0.0937. The Kier molecular flexibility index (Phi) is 4.74. The molecule has 7 heteroatoms. The molecule has 1 aromatic carbocycles. The molecule has 1 aliphatic heterocycles. The van der Waals surface area contributed by atoms with E-state index >= 15 is 0 Å². The average Bonchev–Trinajstić information content (AvgIpc) is 3.06. The van der Waals surface area contributed by atoms with Crippen molar-refractivity contribution in [3.05, 3.63) is 40.7 Å². The average molecular weight is 343 g/mol. The van der Waals surface area contributed by atoms with Crippen LogP contribution < -0.4 is 14.8 Å². The van der Waals surface area contributed by atoms with Crippen molar-refractivity contribution in [2.75, 3.05) is 14.2 Å². The molecule has 0 fully saturated rings. The normalized spacial score (nSPS) is 13.3. The number of rotatable bonds is 5. The van der Waals surface area contributed by atoms with Crippen molar-refractivity contribution in [1.82, 2.24) is 15.1 Å². The highest BCUT2D eigenvalue weighted by Gasteiger charge is 2.22. The van der Waals surface area contributed by atoms with Gasteiger partial charge in [0.1, 0.15) is 5.69 Å². The number of fused-ring (bicyclic) bond motifs is 1. The highest BCUT2D eigenvalue weighted by Crippen LogP contribution is 2.32. The van der Waals surface area contributed by atoms with Crippen molar-refractivity contribution in [1.29, 1.82) is 0 Å². The minimum atomic E-state index is -0.302. The lowest BCUT2D eigenvalue weighted by atomic mass is 10.1. The predicted molar refractivity (Wildman–Crippen MR) is 91.2 cm³/mol. The minimum Gasteiger partial charge on any atom is -0.493 e. The van der Waals surface area contributed by atoms with Crippen LogP contribution >= 0.6 is 0 Å². The minimum absolute atomic E-state index is 0.0357. The quantitative estimate of drug-likeness (QED) is 0.899. The Hall–Kier alpha value is -2.83. The summed E-state index contributed by atoms with van der Waals surface area (Å²) in [6.45, 7) is 2.92. The van der Waals surface area contributed by atoms with E-state index in [-0.39, 0.29) is 17.4 Å². The number of carbonyl (C=O) groups is 2. The summed E-state index contributed by atoms with van der Waals surface area (Å²) in [4.78, 5) is 24.2. The first-order chi connectivity index (χ1) is 12.0. The molecule has 0 spiro atoms. The zero-order valence-corrected chi connectivity index (χ0v) is 14.6. The van der Waals surface area contributed by atoms with Gasteiger partial charge in [0, 0.05) is 25.6 Å². The Morgan fingerprint density at radius 3 is 2.80 bits per heavy atom. The van der Waals surface area contributed by atoms with Gasteiger partial charge in [-0.1, -0.05) is 6.07 Å². The second kappa shape index (κ2) is 6.96.